The van der Waals surface area contributed by atoms with Crippen molar-refractivity contribution in [1.82, 2.24) is 5.32 Å². The third kappa shape index (κ3) is 2.70. The van der Waals surface area contributed by atoms with E-state index in [2.05, 4.69) is 50.4 Å². The monoisotopic (exact) mass is 231 g/mol. The topological polar surface area (TPSA) is 21.3 Å². The standard InChI is InChI=1S/C15H21NO/c1-4-16-14(9-11(2)3)13-10-17-15-8-6-5-7-12(13)15/h5-9,13-14,16H,4,10H2,1-3H3. The van der Waals surface area contributed by atoms with Gasteiger partial charge in [-0.05, 0) is 26.5 Å². The fourth-order valence-electron chi connectivity index (χ4n) is 2.40. The van der Waals surface area contributed by atoms with Crippen LogP contribution < -0.4 is 10.1 Å². The molecule has 1 heterocycles. The predicted octanol–water partition coefficient (Wildman–Crippen LogP) is 3.11. The first-order valence-corrected chi connectivity index (χ1v) is 6.32. The zero-order chi connectivity index (χ0) is 12.3. The molecule has 17 heavy (non-hydrogen) atoms. The van der Waals surface area contributed by atoms with Crippen LogP contribution in [0.2, 0.25) is 0 Å². The molecule has 1 N–H and O–H groups in total. The van der Waals surface area contributed by atoms with Crippen molar-refractivity contribution in [3.63, 3.8) is 0 Å². The summed E-state index contributed by atoms with van der Waals surface area (Å²) in [5, 5.41) is 3.54. The lowest BCUT2D eigenvalue weighted by molar-refractivity contribution is 0.313. The van der Waals surface area contributed by atoms with Crippen LogP contribution in [0.4, 0.5) is 0 Å². The van der Waals surface area contributed by atoms with Crippen LogP contribution >= 0.6 is 0 Å². The SMILES string of the molecule is CCNC(C=C(C)C)C1COc2ccccc21. The van der Waals surface area contributed by atoms with E-state index in [0.29, 0.717) is 12.0 Å². The number of benzene rings is 1. The molecule has 2 nitrogen and oxygen atoms in total. The maximum Gasteiger partial charge on any atom is 0.122 e. The first-order valence-electron chi connectivity index (χ1n) is 6.32. The van der Waals surface area contributed by atoms with E-state index in [-0.39, 0.29) is 0 Å². The molecule has 1 aromatic carbocycles. The fraction of sp³-hybridized carbons (Fsp3) is 0.467. The summed E-state index contributed by atoms with van der Waals surface area (Å²) in [5.74, 6) is 1.48. The molecule has 0 aliphatic carbocycles. The minimum atomic E-state index is 0.369. The number of allylic oxidation sites excluding steroid dienone is 1. The summed E-state index contributed by atoms with van der Waals surface area (Å²) in [7, 11) is 0. The molecular formula is C15H21NO. The third-order valence-corrected chi connectivity index (χ3v) is 3.12. The molecule has 0 bridgehead atoms. The predicted molar refractivity (Wildman–Crippen MR) is 71.6 cm³/mol. The van der Waals surface area contributed by atoms with Crippen LogP contribution in [-0.4, -0.2) is 19.2 Å². The summed E-state index contributed by atoms with van der Waals surface area (Å²) in [6.07, 6.45) is 2.31. The van der Waals surface area contributed by atoms with E-state index in [1.54, 1.807) is 0 Å². The molecule has 0 saturated carbocycles. The molecule has 2 rings (SSSR count). The molecular weight excluding hydrogens is 210 g/mol. The first-order chi connectivity index (χ1) is 8.22. The molecule has 1 aliphatic heterocycles. The van der Waals surface area contributed by atoms with E-state index in [1.165, 1.54) is 11.1 Å². The highest BCUT2D eigenvalue weighted by atomic mass is 16.5. The highest BCUT2D eigenvalue weighted by molar-refractivity contribution is 5.41. The second-order valence-corrected chi connectivity index (χ2v) is 4.78. The van der Waals surface area contributed by atoms with Crippen molar-refractivity contribution in [2.24, 2.45) is 0 Å². The van der Waals surface area contributed by atoms with Gasteiger partial charge in [-0.3, -0.25) is 0 Å². The Balaban J connectivity index is 2.24. The molecule has 0 amide bonds. The Labute approximate surface area is 104 Å². The van der Waals surface area contributed by atoms with E-state index >= 15 is 0 Å². The maximum absolute atomic E-state index is 5.75. The number of nitrogens with one attached hydrogen (secondary N) is 1. The van der Waals surface area contributed by atoms with Crippen LogP contribution in [-0.2, 0) is 0 Å². The van der Waals surface area contributed by atoms with Crippen molar-refractivity contribution in [3.8, 4) is 5.75 Å². The van der Waals surface area contributed by atoms with Crippen LogP contribution in [0.15, 0.2) is 35.9 Å². The van der Waals surface area contributed by atoms with Gasteiger partial charge in [-0.1, -0.05) is 36.8 Å². The lowest BCUT2D eigenvalue weighted by Gasteiger charge is -2.21. The van der Waals surface area contributed by atoms with Gasteiger partial charge < -0.3 is 10.1 Å². The normalized spacial score (nSPS) is 19.4. The molecule has 0 aromatic heterocycles. The summed E-state index contributed by atoms with van der Waals surface area (Å²) in [4.78, 5) is 0. The van der Waals surface area contributed by atoms with Gasteiger partial charge in [0.2, 0.25) is 0 Å². The molecule has 92 valence electrons. The van der Waals surface area contributed by atoms with Crippen LogP contribution in [0.3, 0.4) is 0 Å². The van der Waals surface area contributed by atoms with E-state index in [1.807, 2.05) is 6.07 Å². The Bertz CT molecular complexity index is 407. The summed E-state index contributed by atoms with van der Waals surface area (Å²) < 4.78 is 5.75. The van der Waals surface area contributed by atoms with Crippen molar-refractivity contribution in [1.29, 1.82) is 0 Å². The minimum Gasteiger partial charge on any atom is -0.493 e. The molecule has 1 aliphatic rings. The molecule has 0 spiro atoms. The molecule has 2 atom stereocenters. The number of hydrogen-bond acceptors (Lipinski definition) is 2. The first kappa shape index (κ1) is 12.2. The Morgan fingerprint density at radius 2 is 2.24 bits per heavy atom. The molecule has 2 heteroatoms. The summed E-state index contributed by atoms with van der Waals surface area (Å²) >= 11 is 0. The molecule has 2 unspecified atom stereocenters. The van der Waals surface area contributed by atoms with E-state index in [9.17, 15) is 0 Å². The number of para-hydroxylation sites is 1. The Kier molecular flexibility index (Phi) is 3.85. The van der Waals surface area contributed by atoms with Gasteiger partial charge in [0.15, 0.2) is 0 Å². The van der Waals surface area contributed by atoms with Gasteiger partial charge in [0.1, 0.15) is 5.75 Å². The zero-order valence-corrected chi connectivity index (χ0v) is 10.9. The van der Waals surface area contributed by atoms with Gasteiger partial charge in [-0.15, -0.1) is 0 Å². The Morgan fingerprint density at radius 3 is 2.94 bits per heavy atom. The largest absolute Gasteiger partial charge is 0.493 e. The van der Waals surface area contributed by atoms with Crippen molar-refractivity contribution in [2.45, 2.75) is 32.7 Å². The quantitative estimate of drug-likeness (QED) is 0.804. The number of rotatable bonds is 4. The smallest absolute Gasteiger partial charge is 0.122 e. The molecule has 0 radical (unpaired) electrons. The van der Waals surface area contributed by atoms with Crippen LogP contribution in [0.25, 0.3) is 0 Å². The van der Waals surface area contributed by atoms with Crippen LogP contribution in [0.5, 0.6) is 5.75 Å². The lowest BCUT2D eigenvalue weighted by atomic mass is 9.92. The van der Waals surface area contributed by atoms with Crippen molar-refractivity contribution in [2.75, 3.05) is 13.2 Å². The maximum atomic E-state index is 5.75. The number of likely N-dealkylation sites (N-methyl/N-ethyl adjacent to an activating group) is 1. The Morgan fingerprint density at radius 1 is 1.47 bits per heavy atom. The number of ether oxygens (including phenoxy) is 1. The highest BCUT2D eigenvalue weighted by Crippen LogP contribution is 2.36. The summed E-state index contributed by atoms with van der Waals surface area (Å²) in [6.45, 7) is 8.19. The lowest BCUT2D eigenvalue weighted by Crippen LogP contribution is -2.34. The van der Waals surface area contributed by atoms with E-state index in [0.717, 1.165) is 18.9 Å². The van der Waals surface area contributed by atoms with E-state index < -0.39 is 0 Å². The third-order valence-electron chi connectivity index (χ3n) is 3.12. The van der Waals surface area contributed by atoms with Crippen LogP contribution in [0, 0.1) is 0 Å². The van der Waals surface area contributed by atoms with Crippen molar-refractivity contribution < 1.29 is 4.74 Å². The van der Waals surface area contributed by atoms with Crippen molar-refractivity contribution >= 4 is 0 Å². The average Bonchev–Trinajstić information content (AvgIpc) is 2.71. The van der Waals surface area contributed by atoms with Crippen LogP contribution in [0.1, 0.15) is 32.3 Å². The Hall–Kier alpha value is -1.28. The highest BCUT2D eigenvalue weighted by Gasteiger charge is 2.29. The average molecular weight is 231 g/mol. The number of hydrogen-bond donors (Lipinski definition) is 1. The number of fused-ring (bicyclic) bond motifs is 1. The molecule has 1 aromatic rings. The summed E-state index contributed by atoms with van der Waals surface area (Å²) in [6, 6.07) is 8.72. The zero-order valence-electron chi connectivity index (χ0n) is 10.9. The molecule has 0 saturated heterocycles. The summed E-state index contributed by atoms with van der Waals surface area (Å²) in [5.41, 5.74) is 2.68. The second kappa shape index (κ2) is 5.37. The minimum absolute atomic E-state index is 0.369. The van der Waals surface area contributed by atoms with Gasteiger partial charge in [-0.25, -0.2) is 0 Å². The molecule has 0 fully saturated rings. The van der Waals surface area contributed by atoms with Gasteiger partial charge >= 0.3 is 0 Å². The van der Waals surface area contributed by atoms with Gasteiger partial charge in [-0.2, -0.15) is 0 Å². The fourth-order valence-corrected chi connectivity index (χ4v) is 2.40. The second-order valence-electron chi connectivity index (χ2n) is 4.78. The van der Waals surface area contributed by atoms with Gasteiger partial charge in [0, 0.05) is 17.5 Å². The van der Waals surface area contributed by atoms with Gasteiger partial charge in [0.05, 0.1) is 6.61 Å². The van der Waals surface area contributed by atoms with E-state index in [4.69, 9.17) is 4.74 Å². The van der Waals surface area contributed by atoms with Gasteiger partial charge in [0.25, 0.3) is 0 Å². The van der Waals surface area contributed by atoms with Crippen molar-refractivity contribution in [3.05, 3.63) is 41.5 Å².